The van der Waals surface area contributed by atoms with Gasteiger partial charge in [0.15, 0.2) is 0 Å². The van der Waals surface area contributed by atoms with Crippen molar-refractivity contribution in [2.24, 2.45) is 0 Å². The Morgan fingerprint density at radius 1 is 1.16 bits per heavy atom. The van der Waals surface area contributed by atoms with Gasteiger partial charge in [-0.2, -0.15) is 0 Å². The maximum atomic E-state index is 12.4. The number of nitrogens with one attached hydrogen (secondary N) is 2. The van der Waals surface area contributed by atoms with Crippen LogP contribution in [0.5, 0.6) is 0 Å². The number of carbonyl (C=O) groups excluding carboxylic acids is 1. The molecule has 2 aliphatic rings. The van der Waals surface area contributed by atoms with Crippen molar-refractivity contribution in [3.63, 3.8) is 0 Å². The zero-order chi connectivity index (χ0) is 17.6. The number of ether oxygens (including phenoxy) is 1. The summed E-state index contributed by atoms with van der Waals surface area (Å²) in [5, 5.41) is 6.60. The third-order valence-corrected chi connectivity index (χ3v) is 4.79. The highest BCUT2D eigenvalue weighted by Gasteiger charge is 2.25. The molecule has 8 heteroatoms. The average Bonchev–Trinajstić information content (AvgIpc) is 2.63. The van der Waals surface area contributed by atoms with Gasteiger partial charge in [-0.05, 0) is 25.7 Å². The number of nitrogens with zero attached hydrogens (tertiary/aromatic N) is 4. The fraction of sp³-hybridized carbons (Fsp3) is 0.706. The summed E-state index contributed by atoms with van der Waals surface area (Å²) in [5.74, 6) is 1.72. The van der Waals surface area contributed by atoms with E-state index in [9.17, 15) is 4.79 Å². The lowest BCUT2D eigenvalue weighted by Gasteiger charge is -2.34. The summed E-state index contributed by atoms with van der Waals surface area (Å²) < 4.78 is 5.33. The molecule has 25 heavy (non-hydrogen) atoms. The Kier molecular flexibility index (Phi) is 5.91. The van der Waals surface area contributed by atoms with Crippen LogP contribution in [0.3, 0.4) is 0 Å². The quantitative estimate of drug-likeness (QED) is 0.854. The fourth-order valence-electron chi connectivity index (χ4n) is 3.21. The first kappa shape index (κ1) is 17.7. The van der Waals surface area contributed by atoms with Crippen molar-refractivity contribution in [2.45, 2.75) is 37.8 Å². The van der Waals surface area contributed by atoms with Crippen molar-refractivity contribution < 1.29 is 9.53 Å². The van der Waals surface area contributed by atoms with Gasteiger partial charge in [-0.1, -0.05) is 0 Å². The van der Waals surface area contributed by atoms with Crippen LogP contribution in [0.2, 0.25) is 0 Å². The fourth-order valence-corrected chi connectivity index (χ4v) is 3.21. The third-order valence-electron chi connectivity index (χ3n) is 4.79. The van der Waals surface area contributed by atoms with Crippen LogP contribution in [0.4, 0.5) is 16.4 Å². The second-order valence-electron chi connectivity index (χ2n) is 6.90. The number of amides is 2. The minimum Gasteiger partial charge on any atom is -0.381 e. The number of likely N-dealkylation sites (tertiary alicyclic amines) is 1. The molecular formula is C17H28N6O2. The Morgan fingerprint density at radius 2 is 1.88 bits per heavy atom. The number of carbonyl (C=O) groups is 1. The number of hydrogen-bond donors (Lipinski definition) is 2. The van der Waals surface area contributed by atoms with Crippen molar-refractivity contribution in [3.8, 4) is 0 Å². The van der Waals surface area contributed by atoms with Crippen LogP contribution in [-0.4, -0.2) is 73.4 Å². The Morgan fingerprint density at radius 3 is 2.56 bits per heavy atom. The SMILES string of the molecule is CN(C)c1cc(NC2CCN(C(=O)NC3CCOCC3)CC2)ncn1. The van der Waals surface area contributed by atoms with Crippen LogP contribution in [-0.2, 0) is 4.74 Å². The van der Waals surface area contributed by atoms with Crippen LogP contribution >= 0.6 is 0 Å². The molecule has 0 saturated carbocycles. The van der Waals surface area contributed by atoms with E-state index in [1.807, 2.05) is 30.0 Å². The molecule has 2 aliphatic heterocycles. The molecule has 1 aromatic rings. The molecule has 0 aliphatic carbocycles. The van der Waals surface area contributed by atoms with E-state index < -0.39 is 0 Å². The van der Waals surface area contributed by atoms with Crippen molar-refractivity contribution in [1.29, 1.82) is 0 Å². The van der Waals surface area contributed by atoms with E-state index in [2.05, 4.69) is 20.6 Å². The molecule has 1 aromatic heterocycles. The standard InChI is InChI=1S/C17H28N6O2/c1-22(2)16-11-15(18-12-19-16)20-13-3-7-23(8-4-13)17(24)21-14-5-9-25-10-6-14/h11-14H,3-10H2,1-2H3,(H,21,24)(H,18,19,20). The zero-order valence-corrected chi connectivity index (χ0v) is 15.1. The van der Waals surface area contributed by atoms with Gasteiger partial charge in [0.1, 0.15) is 18.0 Å². The van der Waals surface area contributed by atoms with Gasteiger partial charge in [0.2, 0.25) is 0 Å². The normalized spacial score (nSPS) is 19.5. The summed E-state index contributed by atoms with van der Waals surface area (Å²) in [4.78, 5) is 24.8. The monoisotopic (exact) mass is 348 g/mol. The molecule has 2 saturated heterocycles. The Balaban J connectivity index is 1.45. The lowest BCUT2D eigenvalue weighted by molar-refractivity contribution is 0.0775. The molecule has 3 rings (SSSR count). The van der Waals surface area contributed by atoms with Gasteiger partial charge in [0.25, 0.3) is 0 Å². The summed E-state index contributed by atoms with van der Waals surface area (Å²) in [6.45, 7) is 3.01. The second-order valence-corrected chi connectivity index (χ2v) is 6.90. The number of anilines is 2. The number of hydrogen-bond acceptors (Lipinski definition) is 6. The largest absolute Gasteiger partial charge is 0.381 e. The molecule has 0 bridgehead atoms. The van der Waals surface area contributed by atoms with E-state index in [1.54, 1.807) is 6.33 Å². The van der Waals surface area contributed by atoms with E-state index in [-0.39, 0.29) is 12.1 Å². The molecule has 8 nitrogen and oxygen atoms in total. The average molecular weight is 348 g/mol. The van der Waals surface area contributed by atoms with Crippen molar-refractivity contribution in [1.82, 2.24) is 20.2 Å². The van der Waals surface area contributed by atoms with E-state index in [0.717, 1.165) is 63.6 Å². The predicted octanol–water partition coefficient (Wildman–Crippen LogP) is 1.31. The first-order valence-electron chi connectivity index (χ1n) is 9.01. The summed E-state index contributed by atoms with van der Waals surface area (Å²) in [5.41, 5.74) is 0. The van der Waals surface area contributed by atoms with Gasteiger partial charge >= 0.3 is 6.03 Å². The molecule has 3 heterocycles. The van der Waals surface area contributed by atoms with Crippen molar-refractivity contribution in [2.75, 3.05) is 50.6 Å². The van der Waals surface area contributed by atoms with Crippen LogP contribution in [0, 0.1) is 0 Å². The molecule has 0 aromatic carbocycles. The van der Waals surface area contributed by atoms with E-state index in [1.165, 1.54) is 0 Å². The summed E-state index contributed by atoms with van der Waals surface area (Å²) in [7, 11) is 3.92. The van der Waals surface area contributed by atoms with Crippen LogP contribution in [0.1, 0.15) is 25.7 Å². The Labute approximate surface area is 148 Å². The molecule has 2 N–H and O–H groups in total. The summed E-state index contributed by atoms with van der Waals surface area (Å²) in [6, 6.07) is 2.59. The van der Waals surface area contributed by atoms with Gasteiger partial charge in [-0.15, -0.1) is 0 Å². The molecular weight excluding hydrogens is 320 g/mol. The number of urea groups is 1. The summed E-state index contributed by atoms with van der Waals surface area (Å²) in [6.07, 6.45) is 5.23. The van der Waals surface area contributed by atoms with E-state index in [4.69, 9.17) is 4.74 Å². The summed E-state index contributed by atoms with van der Waals surface area (Å²) >= 11 is 0. The molecule has 0 atom stereocenters. The van der Waals surface area contributed by atoms with Gasteiger partial charge in [-0.25, -0.2) is 14.8 Å². The molecule has 138 valence electrons. The Bertz CT molecular complexity index is 568. The van der Waals surface area contributed by atoms with Crippen molar-refractivity contribution >= 4 is 17.7 Å². The molecule has 2 fully saturated rings. The van der Waals surface area contributed by atoms with Crippen molar-refractivity contribution in [3.05, 3.63) is 12.4 Å². The molecule has 0 unspecified atom stereocenters. The van der Waals surface area contributed by atoms with Gasteiger partial charge in [-0.3, -0.25) is 0 Å². The lowest BCUT2D eigenvalue weighted by Crippen LogP contribution is -2.50. The Hall–Kier alpha value is -2.09. The van der Waals surface area contributed by atoms with Gasteiger partial charge < -0.3 is 25.2 Å². The van der Waals surface area contributed by atoms with Gasteiger partial charge in [0.05, 0.1) is 0 Å². The lowest BCUT2D eigenvalue weighted by atomic mass is 10.1. The highest BCUT2D eigenvalue weighted by atomic mass is 16.5. The number of piperidine rings is 1. The smallest absolute Gasteiger partial charge is 0.317 e. The highest BCUT2D eigenvalue weighted by Crippen LogP contribution is 2.18. The highest BCUT2D eigenvalue weighted by molar-refractivity contribution is 5.74. The minimum atomic E-state index is 0.0577. The van der Waals surface area contributed by atoms with E-state index in [0.29, 0.717) is 6.04 Å². The van der Waals surface area contributed by atoms with Crippen LogP contribution in [0.15, 0.2) is 12.4 Å². The number of rotatable bonds is 4. The topological polar surface area (TPSA) is 82.6 Å². The molecule has 2 amide bonds. The second kappa shape index (κ2) is 8.33. The van der Waals surface area contributed by atoms with E-state index >= 15 is 0 Å². The van der Waals surface area contributed by atoms with Gasteiger partial charge in [0, 0.05) is 58.5 Å². The first-order valence-corrected chi connectivity index (χ1v) is 9.01. The zero-order valence-electron chi connectivity index (χ0n) is 15.1. The maximum Gasteiger partial charge on any atom is 0.317 e. The minimum absolute atomic E-state index is 0.0577. The van der Waals surface area contributed by atoms with Crippen LogP contribution < -0.4 is 15.5 Å². The van der Waals surface area contributed by atoms with Crippen LogP contribution in [0.25, 0.3) is 0 Å². The molecule has 0 spiro atoms. The maximum absolute atomic E-state index is 12.4. The first-order chi connectivity index (χ1) is 12.1. The number of aromatic nitrogens is 2. The molecule has 0 radical (unpaired) electrons. The third kappa shape index (κ3) is 4.94. The predicted molar refractivity (Wildman–Crippen MR) is 96.9 cm³/mol.